The molecule has 0 unspecified atom stereocenters. The lowest BCUT2D eigenvalue weighted by Gasteiger charge is -2.33. The van der Waals surface area contributed by atoms with Gasteiger partial charge in [0.2, 0.25) is 0 Å². The van der Waals surface area contributed by atoms with Gasteiger partial charge >= 0.3 is 25.6 Å². The van der Waals surface area contributed by atoms with E-state index in [0.29, 0.717) is 12.8 Å². The Hall–Kier alpha value is -0.540. The van der Waals surface area contributed by atoms with Crippen molar-refractivity contribution in [2.75, 3.05) is 13.2 Å². The first-order valence-corrected chi connectivity index (χ1v) is 9.09. The first-order chi connectivity index (χ1) is 10.7. The lowest BCUT2D eigenvalue weighted by molar-refractivity contribution is -0.187. The summed E-state index contributed by atoms with van der Waals surface area (Å²) >= 11 is 10.5. The third kappa shape index (κ3) is 7.14. The van der Waals surface area contributed by atoms with E-state index in [0.717, 1.165) is 12.8 Å². The van der Waals surface area contributed by atoms with Gasteiger partial charge < -0.3 is 14.5 Å². The van der Waals surface area contributed by atoms with E-state index in [1.807, 2.05) is 6.92 Å². The summed E-state index contributed by atoms with van der Waals surface area (Å²) in [5, 5.41) is 0. The Bertz CT molecular complexity index is 497. The molecule has 0 aromatic heterocycles. The molecule has 0 aromatic carbocycles. The molecule has 0 radical (unpaired) electrons. The molecule has 0 atom stereocenters. The van der Waals surface area contributed by atoms with Gasteiger partial charge in [-0.1, -0.05) is 49.4 Å². The number of hydrogen-bond acceptors (Lipinski definition) is 4. The number of ether oxygens (including phenoxy) is 1. The number of hydrogen-bond donors (Lipinski definition) is 2. The highest BCUT2D eigenvalue weighted by atomic mass is 35.5. The normalized spacial score (nSPS) is 12.8. The minimum absolute atomic E-state index is 0.125. The average Bonchev–Trinajstić information content (AvgIpc) is 2.41. The summed E-state index contributed by atoms with van der Waals surface area (Å²) in [5.41, 5.74) is 0. The molecular weight excluding hydrogens is 401 g/mol. The van der Waals surface area contributed by atoms with Gasteiger partial charge in [-0.05, 0) is 6.42 Å². The Morgan fingerprint density at radius 2 is 1.71 bits per heavy atom. The van der Waals surface area contributed by atoms with Crippen molar-refractivity contribution < 1.29 is 41.8 Å². The van der Waals surface area contributed by atoms with Crippen LogP contribution >= 0.6 is 30.8 Å². The predicted octanol–water partition coefficient (Wildman–Crippen LogP) is 2.77. The fourth-order valence-electron chi connectivity index (χ4n) is 1.49. The summed E-state index contributed by atoms with van der Waals surface area (Å²) in [4.78, 5) is 40.1. The molecule has 0 saturated heterocycles. The van der Waals surface area contributed by atoms with Gasteiger partial charge in [-0.3, -0.25) is 19.1 Å². The van der Waals surface area contributed by atoms with E-state index in [9.17, 15) is 27.3 Å². The third-order valence-corrected chi connectivity index (χ3v) is 5.38. The zero-order valence-corrected chi connectivity index (χ0v) is 15.0. The van der Waals surface area contributed by atoms with Crippen LogP contribution in [0.1, 0.15) is 32.6 Å². The summed E-state index contributed by atoms with van der Waals surface area (Å²) in [6.07, 6.45) is -2.62. The summed E-state index contributed by atoms with van der Waals surface area (Å²) in [5.74, 6) is -4.11. The van der Waals surface area contributed by atoms with Crippen molar-refractivity contribution in [1.82, 2.24) is 4.90 Å². The van der Waals surface area contributed by atoms with Crippen LogP contribution in [0.3, 0.4) is 0 Å². The van der Waals surface area contributed by atoms with Gasteiger partial charge in [-0.15, -0.1) is 0 Å². The van der Waals surface area contributed by atoms with E-state index in [1.165, 1.54) is 0 Å². The second-order valence-corrected chi connectivity index (χ2v) is 8.27. The monoisotopic (exact) mass is 417 g/mol. The Balaban J connectivity index is 5.08. The van der Waals surface area contributed by atoms with E-state index >= 15 is 0 Å². The highest BCUT2D eigenvalue weighted by molar-refractivity contribution is 7.58. The number of alkyl halides is 5. The second kappa shape index (κ2) is 9.24. The molecule has 0 bridgehead atoms. The molecule has 0 heterocycles. The molecule has 1 amide bonds. The number of unbranched alkanes of at least 4 members (excludes halogenated alkanes) is 3. The molecule has 0 spiro atoms. The topological polar surface area (TPSA) is 104 Å². The zero-order chi connectivity index (χ0) is 19.2. The minimum atomic E-state index is -5.62. The number of esters is 1. The van der Waals surface area contributed by atoms with Crippen LogP contribution in [0.2, 0.25) is 0 Å². The summed E-state index contributed by atoms with van der Waals surface area (Å²) in [7, 11) is -5.62. The first kappa shape index (κ1) is 23.5. The number of carbonyl (C=O) groups is 2. The average molecular weight is 418 g/mol. The Morgan fingerprint density at radius 3 is 2.12 bits per heavy atom. The molecule has 0 fully saturated rings. The smallest absolute Gasteiger partial charge is 0.464 e. The van der Waals surface area contributed by atoms with Crippen molar-refractivity contribution in [1.29, 1.82) is 0 Å². The Labute approximate surface area is 146 Å². The molecule has 13 heteroatoms. The van der Waals surface area contributed by atoms with Crippen molar-refractivity contribution in [2.45, 2.75) is 43.0 Å². The van der Waals surface area contributed by atoms with Crippen LogP contribution in [-0.2, 0) is 18.9 Å². The van der Waals surface area contributed by atoms with Crippen LogP contribution in [0.25, 0.3) is 0 Å². The molecule has 24 heavy (non-hydrogen) atoms. The standard InChI is InChI=1S/C11H17Cl2F3NO6P/c1-2-3-4-5-6-23-8(18)7-17(9(19)10(14,15)16)11(12,13)24(20,21)22/h2-7H2,1H3,(H2,20,21,22). The van der Waals surface area contributed by atoms with E-state index < -0.39 is 41.3 Å². The molecule has 2 N–H and O–H groups in total. The molecule has 0 aliphatic heterocycles. The molecule has 0 aliphatic carbocycles. The highest BCUT2D eigenvalue weighted by Crippen LogP contribution is 2.58. The number of carbonyl (C=O) groups excluding carboxylic acids is 2. The van der Waals surface area contributed by atoms with Gasteiger partial charge in [-0.2, -0.15) is 13.2 Å². The number of rotatable bonds is 9. The van der Waals surface area contributed by atoms with Crippen LogP contribution in [-0.4, -0.2) is 50.1 Å². The Kier molecular flexibility index (Phi) is 9.03. The summed E-state index contributed by atoms with van der Waals surface area (Å²) in [6.45, 7) is 0.347. The highest BCUT2D eigenvalue weighted by Gasteiger charge is 2.57. The van der Waals surface area contributed by atoms with Crippen molar-refractivity contribution in [2.24, 2.45) is 0 Å². The number of amides is 1. The first-order valence-electron chi connectivity index (χ1n) is 6.73. The summed E-state index contributed by atoms with van der Waals surface area (Å²) in [6, 6.07) is 0. The summed E-state index contributed by atoms with van der Waals surface area (Å²) < 4.78 is 49.8. The maximum Gasteiger partial charge on any atom is 0.471 e. The van der Waals surface area contributed by atoms with Gasteiger partial charge in [0, 0.05) is 0 Å². The molecule has 0 aliphatic rings. The molecule has 142 valence electrons. The zero-order valence-electron chi connectivity index (χ0n) is 12.6. The fourth-order valence-corrected chi connectivity index (χ4v) is 2.24. The van der Waals surface area contributed by atoms with Crippen molar-refractivity contribution >= 4 is 42.7 Å². The van der Waals surface area contributed by atoms with E-state index in [1.54, 1.807) is 0 Å². The van der Waals surface area contributed by atoms with Gasteiger partial charge in [0.05, 0.1) is 6.61 Å². The van der Waals surface area contributed by atoms with Gasteiger partial charge in [0.15, 0.2) is 0 Å². The van der Waals surface area contributed by atoms with E-state index in [-0.39, 0.29) is 6.61 Å². The fraction of sp³-hybridized carbons (Fsp3) is 0.818. The number of nitrogens with zero attached hydrogens (tertiary/aromatic N) is 1. The van der Waals surface area contributed by atoms with Crippen LogP contribution in [0.4, 0.5) is 13.2 Å². The maximum absolute atomic E-state index is 12.5. The van der Waals surface area contributed by atoms with Crippen LogP contribution in [0.5, 0.6) is 0 Å². The van der Waals surface area contributed by atoms with Crippen molar-refractivity contribution in [3.63, 3.8) is 0 Å². The van der Waals surface area contributed by atoms with Crippen molar-refractivity contribution in [3.8, 4) is 0 Å². The maximum atomic E-state index is 12.5. The minimum Gasteiger partial charge on any atom is -0.464 e. The predicted molar refractivity (Wildman–Crippen MR) is 79.4 cm³/mol. The van der Waals surface area contributed by atoms with E-state index in [2.05, 4.69) is 4.74 Å². The molecule has 0 rings (SSSR count). The SMILES string of the molecule is CCCCCCOC(=O)CN(C(=O)C(F)(F)F)C(Cl)(Cl)P(=O)(O)O. The lowest BCUT2D eigenvalue weighted by Crippen LogP contribution is -2.52. The van der Waals surface area contributed by atoms with E-state index in [4.69, 9.17) is 33.0 Å². The third-order valence-electron chi connectivity index (χ3n) is 2.71. The lowest BCUT2D eigenvalue weighted by atomic mass is 10.2. The molecule has 0 saturated carbocycles. The molecule has 0 aromatic rings. The second-order valence-electron chi connectivity index (χ2n) is 4.72. The van der Waals surface area contributed by atoms with Crippen LogP contribution in [0, 0.1) is 0 Å². The number of halogens is 5. The largest absolute Gasteiger partial charge is 0.471 e. The van der Waals surface area contributed by atoms with Gasteiger partial charge in [0.25, 0.3) is 4.20 Å². The Morgan fingerprint density at radius 1 is 1.17 bits per heavy atom. The van der Waals surface area contributed by atoms with Crippen LogP contribution < -0.4 is 0 Å². The van der Waals surface area contributed by atoms with Crippen LogP contribution in [0.15, 0.2) is 0 Å². The molecule has 7 nitrogen and oxygen atoms in total. The van der Waals surface area contributed by atoms with Gasteiger partial charge in [0.1, 0.15) is 6.54 Å². The molecular formula is C11H17Cl2F3NO6P. The van der Waals surface area contributed by atoms with Crippen molar-refractivity contribution in [3.05, 3.63) is 0 Å². The quantitative estimate of drug-likeness (QED) is 0.196. The van der Waals surface area contributed by atoms with Gasteiger partial charge in [-0.25, -0.2) is 0 Å².